The molecule has 0 amide bonds. The highest BCUT2D eigenvalue weighted by molar-refractivity contribution is 7.92. The van der Waals surface area contributed by atoms with Gasteiger partial charge in [0.15, 0.2) is 9.84 Å². The van der Waals surface area contributed by atoms with Crippen molar-refractivity contribution in [3.63, 3.8) is 0 Å². The van der Waals surface area contributed by atoms with Gasteiger partial charge in [0.1, 0.15) is 5.41 Å². The van der Waals surface area contributed by atoms with Crippen molar-refractivity contribution in [3.05, 3.63) is 65.2 Å². The van der Waals surface area contributed by atoms with E-state index in [9.17, 15) is 13.7 Å². The molecular formula is C19H18ClNO3S. The van der Waals surface area contributed by atoms with E-state index in [1.54, 1.807) is 12.1 Å². The fourth-order valence-corrected chi connectivity index (χ4v) is 5.81. The molecule has 1 aliphatic rings. The summed E-state index contributed by atoms with van der Waals surface area (Å²) in [7, 11) is -3.69. The van der Waals surface area contributed by atoms with Gasteiger partial charge in [-0.15, -0.1) is 0 Å². The van der Waals surface area contributed by atoms with E-state index in [2.05, 4.69) is 6.07 Å². The van der Waals surface area contributed by atoms with Gasteiger partial charge in [-0.1, -0.05) is 41.9 Å². The van der Waals surface area contributed by atoms with Gasteiger partial charge < -0.3 is 4.74 Å². The summed E-state index contributed by atoms with van der Waals surface area (Å²) < 4.78 is 31.8. The third kappa shape index (κ3) is 3.06. The number of hydrogen-bond donors (Lipinski definition) is 0. The highest BCUT2D eigenvalue weighted by Crippen LogP contribution is 2.63. The van der Waals surface area contributed by atoms with Crippen LogP contribution >= 0.6 is 11.6 Å². The van der Waals surface area contributed by atoms with Gasteiger partial charge in [-0.3, -0.25) is 0 Å². The van der Waals surface area contributed by atoms with Crippen LogP contribution in [0.5, 0.6) is 0 Å². The monoisotopic (exact) mass is 375 g/mol. The molecule has 6 heteroatoms. The Hall–Kier alpha value is -1.87. The Morgan fingerprint density at radius 3 is 2.36 bits per heavy atom. The molecule has 0 unspecified atom stereocenters. The summed E-state index contributed by atoms with van der Waals surface area (Å²) in [5.74, 6) is -0.411. The molecule has 0 aliphatic heterocycles. The number of nitrogens with zero attached hydrogens (tertiary/aromatic N) is 1. The minimum Gasteiger partial charge on any atom is -0.380 e. The molecule has 130 valence electrons. The van der Waals surface area contributed by atoms with E-state index >= 15 is 0 Å². The zero-order valence-electron chi connectivity index (χ0n) is 13.7. The van der Waals surface area contributed by atoms with E-state index in [0.717, 1.165) is 5.56 Å². The maximum absolute atomic E-state index is 13.2. The number of sulfone groups is 1. The van der Waals surface area contributed by atoms with E-state index in [-0.39, 0.29) is 11.5 Å². The Morgan fingerprint density at radius 1 is 1.16 bits per heavy atom. The zero-order chi connectivity index (χ0) is 18.1. The van der Waals surface area contributed by atoms with Crippen LogP contribution in [0.4, 0.5) is 0 Å². The summed E-state index contributed by atoms with van der Waals surface area (Å²) >= 11 is 5.87. The SMILES string of the molecule is CCOC[C@@]1(C#N)[C@H](c2ccccc2)[C@@H]1S(=O)(=O)c1ccc(Cl)cc1. The standard InChI is InChI=1S/C19H18ClNO3S/c1-2-24-13-19(12-21)17(14-6-4-3-5-7-14)18(19)25(22,23)16-10-8-15(20)9-11-16/h3-11,17-18H,2,13H2,1H3/t17-,18+,19+/m1/s1. The molecule has 3 atom stereocenters. The average molecular weight is 376 g/mol. The second-order valence-corrected chi connectivity index (χ2v) is 8.60. The van der Waals surface area contributed by atoms with Gasteiger partial charge in [-0.2, -0.15) is 5.26 Å². The molecule has 0 heterocycles. The third-order valence-electron chi connectivity index (χ3n) is 4.64. The van der Waals surface area contributed by atoms with Crippen LogP contribution in [0.15, 0.2) is 59.5 Å². The molecule has 2 aromatic rings. The summed E-state index contributed by atoms with van der Waals surface area (Å²) in [5.41, 5.74) is -0.234. The van der Waals surface area contributed by atoms with Gasteiger partial charge in [-0.25, -0.2) is 8.42 Å². The Bertz CT molecular complexity index is 891. The summed E-state index contributed by atoms with van der Waals surface area (Å²) in [6.45, 7) is 2.35. The first kappa shape index (κ1) is 17.9. The highest BCUT2D eigenvalue weighted by atomic mass is 35.5. The van der Waals surface area contributed by atoms with E-state index in [1.807, 2.05) is 37.3 Å². The summed E-state index contributed by atoms with van der Waals surface area (Å²) in [4.78, 5) is 0.177. The van der Waals surface area contributed by atoms with Crippen LogP contribution in [0.25, 0.3) is 0 Å². The molecule has 3 rings (SSSR count). The van der Waals surface area contributed by atoms with E-state index in [0.29, 0.717) is 11.6 Å². The normalized spacial score (nSPS) is 25.3. The smallest absolute Gasteiger partial charge is 0.183 e. The lowest BCUT2D eigenvalue weighted by Crippen LogP contribution is -2.19. The van der Waals surface area contributed by atoms with Gasteiger partial charge in [-0.05, 0) is 36.8 Å². The number of nitriles is 1. The average Bonchev–Trinajstić information content (AvgIpc) is 3.31. The zero-order valence-corrected chi connectivity index (χ0v) is 15.3. The number of hydrogen-bond acceptors (Lipinski definition) is 4. The van der Waals surface area contributed by atoms with Crippen LogP contribution in [-0.2, 0) is 14.6 Å². The van der Waals surface area contributed by atoms with Gasteiger partial charge in [0.25, 0.3) is 0 Å². The fraction of sp³-hybridized carbons (Fsp3) is 0.316. The highest BCUT2D eigenvalue weighted by Gasteiger charge is 2.72. The molecule has 0 spiro atoms. The lowest BCUT2D eigenvalue weighted by atomic mass is 10.0. The first-order valence-corrected chi connectivity index (χ1v) is 9.93. The molecule has 0 aromatic heterocycles. The van der Waals surface area contributed by atoms with Crippen LogP contribution in [0.3, 0.4) is 0 Å². The van der Waals surface area contributed by atoms with E-state index < -0.39 is 26.4 Å². The molecular weight excluding hydrogens is 358 g/mol. The minimum atomic E-state index is -3.69. The molecule has 0 N–H and O–H groups in total. The van der Waals surface area contributed by atoms with E-state index in [1.165, 1.54) is 12.1 Å². The quantitative estimate of drug-likeness (QED) is 0.769. The number of benzene rings is 2. The van der Waals surface area contributed by atoms with Crippen LogP contribution < -0.4 is 0 Å². The predicted molar refractivity (Wildman–Crippen MR) is 96.1 cm³/mol. The Balaban J connectivity index is 2.05. The number of halogens is 1. The van der Waals surface area contributed by atoms with Crippen LogP contribution in [0, 0.1) is 16.7 Å². The predicted octanol–water partition coefficient (Wildman–Crippen LogP) is 3.83. The van der Waals surface area contributed by atoms with Crippen molar-refractivity contribution in [3.8, 4) is 6.07 Å². The first-order valence-electron chi connectivity index (χ1n) is 8.01. The summed E-state index contributed by atoms with van der Waals surface area (Å²) in [6.07, 6.45) is 0. The van der Waals surface area contributed by atoms with Gasteiger partial charge in [0, 0.05) is 17.5 Å². The third-order valence-corrected chi connectivity index (χ3v) is 7.19. The molecule has 1 saturated carbocycles. The molecule has 0 radical (unpaired) electrons. The Morgan fingerprint density at radius 2 is 1.80 bits per heavy atom. The number of ether oxygens (including phenoxy) is 1. The van der Waals surface area contributed by atoms with Crippen LogP contribution in [0.1, 0.15) is 18.4 Å². The lowest BCUT2D eigenvalue weighted by molar-refractivity contribution is 0.117. The second kappa shape index (κ2) is 6.80. The van der Waals surface area contributed by atoms with E-state index in [4.69, 9.17) is 16.3 Å². The largest absolute Gasteiger partial charge is 0.380 e. The van der Waals surface area contributed by atoms with Crippen LogP contribution in [0.2, 0.25) is 5.02 Å². The molecule has 25 heavy (non-hydrogen) atoms. The number of rotatable bonds is 6. The van der Waals surface area contributed by atoms with Crippen molar-refractivity contribution in [2.75, 3.05) is 13.2 Å². The fourth-order valence-electron chi connectivity index (χ4n) is 3.37. The molecule has 1 fully saturated rings. The molecule has 4 nitrogen and oxygen atoms in total. The van der Waals surface area contributed by atoms with Crippen molar-refractivity contribution in [2.45, 2.75) is 23.0 Å². The lowest BCUT2D eigenvalue weighted by Gasteiger charge is -2.09. The first-order chi connectivity index (χ1) is 12.0. The summed E-state index contributed by atoms with van der Waals surface area (Å²) in [5, 5.41) is 9.46. The maximum Gasteiger partial charge on any atom is 0.183 e. The summed E-state index contributed by atoms with van der Waals surface area (Å²) in [6, 6.07) is 17.6. The van der Waals surface area contributed by atoms with Crippen LogP contribution in [-0.4, -0.2) is 26.9 Å². The topological polar surface area (TPSA) is 67.2 Å². The van der Waals surface area contributed by atoms with Gasteiger partial charge in [0.05, 0.1) is 22.8 Å². The minimum absolute atomic E-state index is 0.0943. The van der Waals surface area contributed by atoms with Crippen molar-refractivity contribution >= 4 is 21.4 Å². The van der Waals surface area contributed by atoms with Crippen molar-refractivity contribution in [2.24, 2.45) is 5.41 Å². The molecule has 0 bridgehead atoms. The van der Waals surface area contributed by atoms with Crippen molar-refractivity contribution < 1.29 is 13.2 Å². The molecule has 0 saturated heterocycles. The van der Waals surface area contributed by atoms with Crippen molar-refractivity contribution in [1.29, 1.82) is 5.26 Å². The second-order valence-electron chi connectivity index (χ2n) is 6.10. The Kier molecular flexibility index (Phi) is 4.88. The Labute approximate surface area is 152 Å². The van der Waals surface area contributed by atoms with Crippen molar-refractivity contribution in [1.82, 2.24) is 0 Å². The van der Waals surface area contributed by atoms with Gasteiger partial charge >= 0.3 is 0 Å². The molecule has 2 aromatic carbocycles. The maximum atomic E-state index is 13.2. The van der Waals surface area contributed by atoms with Gasteiger partial charge in [0.2, 0.25) is 0 Å². The molecule has 1 aliphatic carbocycles.